The maximum absolute atomic E-state index is 8.37. The van der Waals surface area contributed by atoms with Crippen LogP contribution in [0.25, 0.3) is 6.08 Å². The molecule has 0 saturated carbocycles. The van der Waals surface area contributed by atoms with E-state index in [0.29, 0.717) is 0 Å². The van der Waals surface area contributed by atoms with Crippen LogP contribution in [-0.4, -0.2) is 7.11 Å². The summed E-state index contributed by atoms with van der Waals surface area (Å²) >= 11 is 3.35. The first kappa shape index (κ1) is 9.82. The summed E-state index contributed by atoms with van der Waals surface area (Å²) < 4.78 is 6.08. The molecule has 0 radical (unpaired) electrons. The number of benzene rings is 1. The Balaban J connectivity index is 3.10. The minimum Gasteiger partial charge on any atom is -0.496 e. The molecule has 0 aliphatic heterocycles. The van der Waals surface area contributed by atoms with E-state index in [9.17, 15) is 0 Å². The zero-order chi connectivity index (χ0) is 9.68. The number of ether oxygens (including phenoxy) is 1. The molecule has 1 rings (SSSR count). The van der Waals surface area contributed by atoms with Crippen LogP contribution in [0.4, 0.5) is 0 Å². The minimum atomic E-state index is 0.759. The summed E-state index contributed by atoms with van der Waals surface area (Å²) in [7, 11) is 1.60. The number of nitriles is 1. The standard InChI is InChI=1S/C10H8BrNO/c1-13-10-5-4-9(11)7-8(10)3-2-6-12/h2-5,7H,1H3/b3-2+. The highest BCUT2D eigenvalue weighted by Crippen LogP contribution is 2.23. The fourth-order valence-electron chi connectivity index (χ4n) is 0.963. The van der Waals surface area contributed by atoms with Crippen molar-refractivity contribution < 1.29 is 4.74 Å². The highest BCUT2D eigenvalue weighted by Gasteiger charge is 1.98. The fraction of sp³-hybridized carbons (Fsp3) is 0.100. The number of halogens is 1. The zero-order valence-electron chi connectivity index (χ0n) is 7.12. The van der Waals surface area contributed by atoms with Crippen LogP contribution in [0.15, 0.2) is 28.7 Å². The van der Waals surface area contributed by atoms with Crippen molar-refractivity contribution in [3.63, 3.8) is 0 Å². The highest BCUT2D eigenvalue weighted by atomic mass is 79.9. The number of hydrogen-bond donors (Lipinski definition) is 0. The molecule has 66 valence electrons. The van der Waals surface area contributed by atoms with Gasteiger partial charge in [-0.1, -0.05) is 15.9 Å². The average molecular weight is 238 g/mol. The molecule has 0 bridgehead atoms. The predicted octanol–water partition coefficient (Wildman–Crippen LogP) is 2.99. The first-order valence-electron chi connectivity index (χ1n) is 3.67. The lowest BCUT2D eigenvalue weighted by atomic mass is 10.2. The molecule has 0 saturated heterocycles. The third-order valence-corrected chi connectivity index (χ3v) is 2.02. The quantitative estimate of drug-likeness (QED) is 0.742. The van der Waals surface area contributed by atoms with Crippen molar-refractivity contribution in [2.45, 2.75) is 0 Å². The fourth-order valence-corrected chi connectivity index (χ4v) is 1.34. The van der Waals surface area contributed by atoms with E-state index in [2.05, 4.69) is 15.9 Å². The van der Waals surface area contributed by atoms with Crippen LogP contribution in [0.3, 0.4) is 0 Å². The Hall–Kier alpha value is -1.27. The molecule has 1 aromatic carbocycles. The molecule has 0 atom stereocenters. The van der Waals surface area contributed by atoms with Crippen LogP contribution >= 0.6 is 15.9 Å². The van der Waals surface area contributed by atoms with Crippen LogP contribution in [0.5, 0.6) is 5.75 Å². The van der Waals surface area contributed by atoms with Crippen LogP contribution in [0.1, 0.15) is 5.56 Å². The van der Waals surface area contributed by atoms with Gasteiger partial charge in [-0.3, -0.25) is 0 Å². The van der Waals surface area contributed by atoms with Gasteiger partial charge in [-0.25, -0.2) is 0 Å². The molecular formula is C10H8BrNO. The van der Waals surface area contributed by atoms with Gasteiger partial charge in [0.15, 0.2) is 0 Å². The molecule has 0 heterocycles. The predicted molar refractivity (Wildman–Crippen MR) is 55.3 cm³/mol. The van der Waals surface area contributed by atoms with Gasteiger partial charge < -0.3 is 4.74 Å². The first-order valence-corrected chi connectivity index (χ1v) is 4.47. The highest BCUT2D eigenvalue weighted by molar-refractivity contribution is 9.10. The van der Waals surface area contributed by atoms with Crippen LogP contribution in [0, 0.1) is 11.3 Å². The smallest absolute Gasteiger partial charge is 0.126 e. The number of hydrogen-bond acceptors (Lipinski definition) is 2. The van der Waals surface area contributed by atoms with Gasteiger partial charge >= 0.3 is 0 Å². The Kier molecular flexibility index (Phi) is 3.53. The molecule has 0 aliphatic rings. The average Bonchev–Trinajstić information content (AvgIpc) is 2.15. The number of nitrogens with zero attached hydrogens (tertiary/aromatic N) is 1. The van der Waals surface area contributed by atoms with Gasteiger partial charge in [-0.05, 0) is 24.3 Å². The summed E-state index contributed by atoms with van der Waals surface area (Å²) in [6.07, 6.45) is 3.13. The second-order valence-electron chi connectivity index (χ2n) is 2.35. The molecule has 0 aromatic heterocycles. The van der Waals surface area contributed by atoms with E-state index in [4.69, 9.17) is 10.00 Å². The summed E-state index contributed by atoms with van der Waals surface area (Å²) in [6.45, 7) is 0. The van der Waals surface area contributed by atoms with Crippen LogP contribution in [-0.2, 0) is 0 Å². The maximum atomic E-state index is 8.37. The maximum Gasteiger partial charge on any atom is 0.126 e. The molecule has 0 amide bonds. The second-order valence-corrected chi connectivity index (χ2v) is 3.26. The summed E-state index contributed by atoms with van der Waals surface area (Å²) in [5.74, 6) is 0.759. The van der Waals surface area contributed by atoms with Gasteiger partial charge in [0.2, 0.25) is 0 Å². The largest absolute Gasteiger partial charge is 0.496 e. The van der Waals surface area contributed by atoms with Crippen molar-refractivity contribution in [2.75, 3.05) is 7.11 Å². The van der Waals surface area contributed by atoms with Gasteiger partial charge in [0.05, 0.1) is 13.2 Å². The molecule has 3 heteroatoms. The molecule has 0 aliphatic carbocycles. The van der Waals surface area contributed by atoms with E-state index in [1.54, 1.807) is 13.2 Å². The van der Waals surface area contributed by atoms with E-state index >= 15 is 0 Å². The van der Waals surface area contributed by atoms with Crippen molar-refractivity contribution in [3.05, 3.63) is 34.3 Å². The van der Waals surface area contributed by atoms with E-state index < -0.39 is 0 Å². The summed E-state index contributed by atoms with van der Waals surface area (Å²) in [5, 5.41) is 8.37. The van der Waals surface area contributed by atoms with Crippen molar-refractivity contribution in [2.24, 2.45) is 0 Å². The van der Waals surface area contributed by atoms with E-state index in [-0.39, 0.29) is 0 Å². The molecule has 0 unspecified atom stereocenters. The monoisotopic (exact) mass is 237 g/mol. The Morgan fingerprint density at radius 1 is 1.54 bits per heavy atom. The molecule has 13 heavy (non-hydrogen) atoms. The van der Waals surface area contributed by atoms with Crippen molar-refractivity contribution in [1.82, 2.24) is 0 Å². The second kappa shape index (κ2) is 4.68. The Bertz CT molecular complexity index is 366. The van der Waals surface area contributed by atoms with Crippen molar-refractivity contribution in [3.8, 4) is 11.8 Å². The van der Waals surface area contributed by atoms with Gasteiger partial charge in [-0.15, -0.1) is 0 Å². The van der Waals surface area contributed by atoms with E-state index in [0.717, 1.165) is 15.8 Å². The number of methoxy groups -OCH3 is 1. The Morgan fingerprint density at radius 3 is 2.92 bits per heavy atom. The summed E-state index contributed by atoms with van der Waals surface area (Å²) in [5.41, 5.74) is 0.887. The van der Waals surface area contributed by atoms with Crippen molar-refractivity contribution in [1.29, 1.82) is 5.26 Å². The Labute approximate surface area is 85.6 Å². The van der Waals surface area contributed by atoms with Gasteiger partial charge in [0.1, 0.15) is 5.75 Å². The third kappa shape index (κ3) is 2.60. The molecule has 0 fully saturated rings. The molecule has 0 spiro atoms. The van der Waals surface area contributed by atoms with E-state index in [1.165, 1.54) is 6.08 Å². The lowest BCUT2D eigenvalue weighted by Gasteiger charge is -2.03. The lowest BCUT2D eigenvalue weighted by Crippen LogP contribution is -1.86. The summed E-state index contributed by atoms with van der Waals surface area (Å²) in [6, 6.07) is 7.57. The molecular weight excluding hydrogens is 230 g/mol. The summed E-state index contributed by atoms with van der Waals surface area (Å²) in [4.78, 5) is 0. The van der Waals surface area contributed by atoms with Crippen molar-refractivity contribution >= 4 is 22.0 Å². The SMILES string of the molecule is COc1ccc(Br)cc1/C=C/C#N. The normalized spacial score (nSPS) is 9.92. The van der Waals surface area contributed by atoms with Gasteiger partial charge in [0.25, 0.3) is 0 Å². The van der Waals surface area contributed by atoms with Crippen LogP contribution in [0.2, 0.25) is 0 Å². The zero-order valence-corrected chi connectivity index (χ0v) is 8.71. The minimum absolute atomic E-state index is 0.759. The topological polar surface area (TPSA) is 33.0 Å². The number of rotatable bonds is 2. The van der Waals surface area contributed by atoms with E-state index in [1.807, 2.05) is 24.3 Å². The number of allylic oxidation sites excluding steroid dienone is 1. The molecule has 2 nitrogen and oxygen atoms in total. The van der Waals surface area contributed by atoms with Gasteiger partial charge in [0, 0.05) is 16.1 Å². The molecule has 1 aromatic rings. The lowest BCUT2D eigenvalue weighted by molar-refractivity contribution is 0.414. The van der Waals surface area contributed by atoms with Crippen LogP contribution < -0.4 is 4.74 Å². The Morgan fingerprint density at radius 2 is 2.31 bits per heavy atom. The first-order chi connectivity index (χ1) is 6.27. The third-order valence-electron chi connectivity index (χ3n) is 1.53. The van der Waals surface area contributed by atoms with Gasteiger partial charge in [-0.2, -0.15) is 5.26 Å². The molecule has 0 N–H and O–H groups in total.